The van der Waals surface area contributed by atoms with Crippen LogP contribution in [0.3, 0.4) is 0 Å². The Labute approximate surface area is 152 Å². The molecule has 136 valence electrons. The van der Waals surface area contributed by atoms with E-state index in [2.05, 4.69) is 5.32 Å². The van der Waals surface area contributed by atoms with Gasteiger partial charge >= 0.3 is 5.97 Å². The Kier molecular flexibility index (Phi) is 5.66. The molecule has 0 heterocycles. The summed E-state index contributed by atoms with van der Waals surface area (Å²) in [4.78, 5) is 23.9. The van der Waals surface area contributed by atoms with Gasteiger partial charge in [0.1, 0.15) is 11.6 Å². The lowest BCUT2D eigenvalue weighted by atomic mass is 10.0. The summed E-state index contributed by atoms with van der Waals surface area (Å²) >= 11 is 0. The molecular formula is C21H22FNO3. The molecule has 4 nitrogen and oxygen atoms in total. The molecule has 0 saturated heterocycles. The van der Waals surface area contributed by atoms with Gasteiger partial charge in [-0.3, -0.25) is 9.59 Å². The minimum atomic E-state index is -0.436. The average molecular weight is 355 g/mol. The predicted octanol–water partition coefficient (Wildman–Crippen LogP) is 4.34. The summed E-state index contributed by atoms with van der Waals surface area (Å²) in [6.07, 6.45) is 4.87. The number of carbonyl (C=O) groups excluding carboxylic acids is 2. The molecule has 1 saturated carbocycles. The van der Waals surface area contributed by atoms with Crippen molar-refractivity contribution in [3.8, 4) is 16.9 Å². The third-order valence-electron chi connectivity index (χ3n) is 4.76. The van der Waals surface area contributed by atoms with Crippen LogP contribution >= 0.6 is 0 Å². The zero-order valence-electron chi connectivity index (χ0n) is 14.8. The largest absolute Gasteiger partial charge is 0.426 e. The highest BCUT2D eigenvalue weighted by atomic mass is 19.1. The summed E-state index contributed by atoms with van der Waals surface area (Å²) in [7, 11) is 1.54. The Bertz CT molecular complexity index is 813. The molecule has 0 spiro atoms. The summed E-state index contributed by atoms with van der Waals surface area (Å²) in [5.74, 6) is -0.254. The molecule has 0 atom stereocenters. The quantitative estimate of drug-likeness (QED) is 0.641. The van der Waals surface area contributed by atoms with E-state index in [0.717, 1.165) is 12.8 Å². The van der Waals surface area contributed by atoms with Crippen LogP contribution < -0.4 is 10.1 Å². The number of nitrogens with one attached hydrogen (secondary N) is 1. The van der Waals surface area contributed by atoms with Gasteiger partial charge in [0.2, 0.25) is 0 Å². The number of halogens is 1. The molecule has 5 heteroatoms. The Morgan fingerprint density at radius 1 is 1.15 bits per heavy atom. The van der Waals surface area contributed by atoms with E-state index in [0.29, 0.717) is 34.8 Å². The molecule has 3 rings (SSSR count). The second-order valence-corrected chi connectivity index (χ2v) is 6.63. The standard InChI is InChI=1S/C21H22FNO3/c1-23-21(25)16-8-4-7-15(12-16)18-13-17(9-10-19(18)22)26-20(24)11-14-5-2-3-6-14/h4,7-10,12-14H,2-3,5-6,11H2,1H3,(H,23,25). The maximum Gasteiger partial charge on any atom is 0.311 e. The molecule has 2 aromatic rings. The summed E-state index contributed by atoms with van der Waals surface area (Å²) in [6, 6.07) is 10.9. The summed E-state index contributed by atoms with van der Waals surface area (Å²) < 4.78 is 19.7. The van der Waals surface area contributed by atoms with Crippen LogP contribution in [0.2, 0.25) is 0 Å². The van der Waals surface area contributed by atoms with Crippen LogP contribution in [-0.2, 0) is 4.79 Å². The van der Waals surface area contributed by atoms with E-state index in [1.165, 1.54) is 31.0 Å². The Balaban J connectivity index is 1.79. The first kappa shape index (κ1) is 18.1. The monoisotopic (exact) mass is 355 g/mol. The lowest BCUT2D eigenvalue weighted by Gasteiger charge is -2.11. The van der Waals surface area contributed by atoms with Crippen molar-refractivity contribution in [2.24, 2.45) is 5.92 Å². The molecule has 1 amide bonds. The van der Waals surface area contributed by atoms with E-state index in [-0.39, 0.29) is 11.9 Å². The van der Waals surface area contributed by atoms with Crippen molar-refractivity contribution in [2.45, 2.75) is 32.1 Å². The molecule has 0 bridgehead atoms. The second-order valence-electron chi connectivity index (χ2n) is 6.63. The van der Waals surface area contributed by atoms with Gasteiger partial charge in [-0.15, -0.1) is 0 Å². The second kappa shape index (κ2) is 8.13. The molecular weight excluding hydrogens is 333 g/mol. The first-order valence-corrected chi connectivity index (χ1v) is 8.89. The van der Waals surface area contributed by atoms with E-state index in [9.17, 15) is 14.0 Å². The third-order valence-corrected chi connectivity index (χ3v) is 4.76. The van der Waals surface area contributed by atoms with Gasteiger partial charge in [-0.1, -0.05) is 25.0 Å². The van der Waals surface area contributed by atoms with Gasteiger partial charge < -0.3 is 10.1 Å². The van der Waals surface area contributed by atoms with Crippen LogP contribution in [0.5, 0.6) is 5.75 Å². The van der Waals surface area contributed by atoms with Crippen molar-refractivity contribution in [1.29, 1.82) is 0 Å². The fraction of sp³-hybridized carbons (Fsp3) is 0.333. The van der Waals surface area contributed by atoms with Gasteiger partial charge in [-0.2, -0.15) is 0 Å². The van der Waals surface area contributed by atoms with Gasteiger partial charge in [-0.25, -0.2) is 4.39 Å². The number of hydrogen-bond acceptors (Lipinski definition) is 3. The van der Waals surface area contributed by atoms with Crippen molar-refractivity contribution >= 4 is 11.9 Å². The van der Waals surface area contributed by atoms with Crippen LogP contribution in [-0.4, -0.2) is 18.9 Å². The zero-order valence-corrected chi connectivity index (χ0v) is 14.8. The molecule has 0 aliphatic heterocycles. The number of amides is 1. The molecule has 2 aromatic carbocycles. The topological polar surface area (TPSA) is 55.4 Å². The van der Waals surface area contributed by atoms with Gasteiger partial charge in [0.05, 0.1) is 0 Å². The number of rotatable bonds is 5. The minimum absolute atomic E-state index is 0.244. The molecule has 0 aromatic heterocycles. The lowest BCUT2D eigenvalue weighted by molar-refractivity contribution is -0.135. The predicted molar refractivity (Wildman–Crippen MR) is 97.4 cm³/mol. The molecule has 0 unspecified atom stereocenters. The van der Waals surface area contributed by atoms with Gasteiger partial charge in [0.15, 0.2) is 0 Å². The van der Waals surface area contributed by atoms with E-state index in [1.54, 1.807) is 31.3 Å². The van der Waals surface area contributed by atoms with Crippen LogP contribution in [0.1, 0.15) is 42.5 Å². The highest BCUT2D eigenvalue weighted by molar-refractivity contribution is 5.95. The minimum Gasteiger partial charge on any atom is -0.426 e. The zero-order chi connectivity index (χ0) is 18.5. The molecule has 26 heavy (non-hydrogen) atoms. The van der Waals surface area contributed by atoms with Gasteiger partial charge in [-0.05, 0) is 54.7 Å². The number of hydrogen-bond donors (Lipinski definition) is 1. The van der Waals surface area contributed by atoms with E-state index in [1.807, 2.05) is 0 Å². The van der Waals surface area contributed by atoms with Crippen LogP contribution in [0, 0.1) is 11.7 Å². The molecule has 1 aliphatic rings. The first-order valence-electron chi connectivity index (χ1n) is 8.89. The van der Waals surface area contributed by atoms with Crippen molar-refractivity contribution in [1.82, 2.24) is 5.32 Å². The van der Waals surface area contributed by atoms with Crippen molar-refractivity contribution < 1.29 is 18.7 Å². The molecule has 0 radical (unpaired) electrons. The summed E-state index contributed by atoms with van der Waals surface area (Å²) in [5.41, 5.74) is 1.28. The highest BCUT2D eigenvalue weighted by Crippen LogP contribution is 2.30. The Morgan fingerprint density at radius 3 is 2.65 bits per heavy atom. The van der Waals surface area contributed by atoms with Gasteiger partial charge in [0, 0.05) is 24.6 Å². The summed E-state index contributed by atoms with van der Waals surface area (Å²) in [6.45, 7) is 0. The van der Waals surface area contributed by atoms with Gasteiger partial charge in [0.25, 0.3) is 5.91 Å². The van der Waals surface area contributed by atoms with Crippen LogP contribution in [0.4, 0.5) is 4.39 Å². The smallest absolute Gasteiger partial charge is 0.311 e. The SMILES string of the molecule is CNC(=O)c1cccc(-c2cc(OC(=O)CC3CCCC3)ccc2F)c1. The molecule has 1 fully saturated rings. The molecule has 1 N–H and O–H groups in total. The lowest BCUT2D eigenvalue weighted by Crippen LogP contribution is -2.17. The third kappa shape index (κ3) is 4.28. The fourth-order valence-electron chi connectivity index (χ4n) is 3.38. The number of ether oxygens (including phenoxy) is 1. The number of benzene rings is 2. The number of carbonyl (C=O) groups is 2. The maximum atomic E-state index is 14.3. The van der Waals surface area contributed by atoms with E-state index in [4.69, 9.17) is 4.74 Å². The van der Waals surface area contributed by atoms with Crippen molar-refractivity contribution in [3.63, 3.8) is 0 Å². The fourth-order valence-corrected chi connectivity index (χ4v) is 3.38. The number of esters is 1. The maximum absolute atomic E-state index is 14.3. The van der Waals surface area contributed by atoms with E-state index >= 15 is 0 Å². The Morgan fingerprint density at radius 2 is 1.92 bits per heavy atom. The Hall–Kier alpha value is -2.69. The first-order chi connectivity index (χ1) is 12.6. The van der Waals surface area contributed by atoms with Crippen LogP contribution in [0.15, 0.2) is 42.5 Å². The highest BCUT2D eigenvalue weighted by Gasteiger charge is 2.20. The molecule has 1 aliphatic carbocycles. The average Bonchev–Trinajstić information content (AvgIpc) is 3.15. The normalized spacial score (nSPS) is 14.2. The van der Waals surface area contributed by atoms with Crippen LogP contribution in [0.25, 0.3) is 11.1 Å². The van der Waals surface area contributed by atoms with Crippen molar-refractivity contribution in [2.75, 3.05) is 7.05 Å². The summed E-state index contributed by atoms with van der Waals surface area (Å²) in [5, 5.41) is 2.54. The van der Waals surface area contributed by atoms with E-state index < -0.39 is 5.82 Å². The van der Waals surface area contributed by atoms with Crippen molar-refractivity contribution in [3.05, 3.63) is 53.8 Å².